The topological polar surface area (TPSA) is 132 Å². The first-order chi connectivity index (χ1) is 22.5. The molecule has 1 N–H and O–H groups in total. The Hall–Kier alpha value is -4.24. The van der Waals surface area contributed by atoms with Crippen LogP contribution in [0.4, 0.5) is 19.1 Å². The van der Waals surface area contributed by atoms with Gasteiger partial charge >= 0.3 is 6.18 Å². The Kier molecular flexibility index (Phi) is 9.37. The van der Waals surface area contributed by atoms with Gasteiger partial charge in [0.25, 0.3) is 11.5 Å². The fraction of sp³-hybridized carbons (Fsp3) is 0.531. The molecule has 1 aliphatic carbocycles. The molecule has 47 heavy (non-hydrogen) atoms. The third-order valence-corrected chi connectivity index (χ3v) is 8.77. The summed E-state index contributed by atoms with van der Waals surface area (Å²) in [6.07, 6.45) is 0.164. The maximum absolute atomic E-state index is 14.0. The highest BCUT2D eigenvalue weighted by Crippen LogP contribution is 2.39. The molecule has 15 heteroatoms. The molecule has 3 aromatic rings. The van der Waals surface area contributed by atoms with Crippen LogP contribution < -0.4 is 19.9 Å². The lowest BCUT2D eigenvalue weighted by Gasteiger charge is -2.40. The van der Waals surface area contributed by atoms with Crippen molar-refractivity contribution < 1.29 is 37.3 Å². The smallest absolute Gasteiger partial charge is 0.425 e. The molecule has 252 valence electrons. The van der Waals surface area contributed by atoms with Gasteiger partial charge in [0.1, 0.15) is 18.0 Å². The van der Waals surface area contributed by atoms with Crippen molar-refractivity contribution in [1.82, 2.24) is 24.6 Å². The minimum absolute atomic E-state index is 0.180. The molecule has 4 atom stereocenters. The summed E-state index contributed by atoms with van der Waals surface area (Å²) in [5.41, 5.74) is -1.12. The van der Waals surface area contributed by atoms with Crippen LogP contribution in [-0.2, 0) is 22.3 Å². The van der Waals surface area contributed by atoms with E-state index in [9.17, 15) is 27.9 Å². The van der Waals surface area contributed by atoms with Gasteiger partial charge in [0.15, 0.2) is 11.3 Å². The number of methoxy groups -OCH3 is 1. The van der Waals surface area contributed by atoms with Gasteiger partial charge in [0, 0.05) is 38.4 Å². The molecule has 6 rings (SSSR count). The van der Waals surface area contributed by atoms with Crippen LogP contribution in [0.3, 0.4) is 0 Å². The molecule has 2 saturated heterocycles. The highest BCUT2D eigenvalue weighted by atomic mass is 19.4. The number of nitrogens with zero attached hydrogens (tertiary/aromatic N) is 6. The van der Waals surface area contributed by atoms with E-state index in [2.05, 4.69) is 15.1 Å². The van der Waals surface area contributed by atoms with Crippen molar-refractivity contribution in [3.63, 3.8) is 0 Å². The summed E-state index contributed by atoms with van der Waals surface area (Å²) in [7, 11) is 1.49. The van der Waals surface area contributed by atoms with E-state index < -0.39 is 47.4 Å². The van der Waals surface area contributed by atoms with Crippen LogP contribution in [0.2, 0.25) is 0 Å². The number of likely N-dealkylation sites (tertiary alicyclic amines) is 1. The summed E-state index contributed by atoms with van der Waals surface area (Å²) in [6.45, 7) is 2.33. The zero-order valence-corrected chi connectivity index (χ0v) is 26.1. The van der Waals surface area contributed by atoms with E-state index in [1.54, 1.807) is 29.2 Å². The Labute approximate surface area is 269 Å². The number of carbonyl (C=O) groups excluding carboxylic acids is 1. The molecule has 0 radical (unpaired) electrons. The second-order valence-corrected chi connectivity index (χ2v) is 12.2. The van der Waals surface area contributed by atoms with Crippen molar-refractivity contribution in [2.24, 2.45) is 0 Å². The third-order valence-electron chi connectivity index (χ3n) is 8.77. The maximum Gasteiger partial charge on any atom is 0.425 e. The van der Waals surface area contributed by atoms with E-state index >= 15 is 0 Å². The van der Waals surface area contributed by atoms with Crippen molar-refractivity contribution in [3.8, 4) is 11.5 Å². The van der Waals surface area contributed by atoms with Crippen molar-refractivity contribution >= 4 is 11.9 Å². The van der Waals surface area contributed by atoms with Crippen molar-refractivity contribution in [2.75, 3.05) is 38.3 Å². The number of β-amino-alcohol motifs (C(OH)–C–C–N with tert-alkyl or cyclic N) is 1. The lowest BCUT2D eigenvalue weighted by Crippen LogP contribution is -2.55. The summed E-state index contributed by atoms with van der Waals surface area (Å²) < 4.78 is 59.2. The predicted molar refractivity (Wildman–Crippen MR) is 162 cm³/mol. The first kappa shape index (κ1) is 32.7. The Morgan fingerprint density at radius 1 is 1.02 bits per heavy atom. The van der Waals surface area contributed by atoms with Crippen LogP contribution in [0, 0.1) is 0 Å². The molecule has 1 amide bonds. The number of ether oxygens (including phenoxy) is 3. The summed E-state index contributed by atoms with van der Waals surface area (Å²) in [5.74, 6) is 0.654. The van der Waals surface area contributed by atoms with Gasteiger partial charge in [-0.2, -0.15) is 18.3 Å². The standard InChI is InChI=1S/C32H37F3N6O6/c1-19(47-27-15-38-41(30(44)28(27)32(33,34)35)16-20-3-7-23(45-2)8-4-20)18-46-26-10-12-40(29(26)43)24-9-11-39(17-25(24)42)31-36-13-22(14-37-31)21-5-6-21/h3-4,7-8,13-15,19,21,24-26,42H,5-6,9-12,16-18H2,1-2H3/t19-,24+,25+,26+/m0/s1. The van der Waals surface area contributed by atoms with Crippen LogP contribution in [0.5, 0.6) is 11.5 Å². The average molecular weight is 659 g/mol. The number of aliphatic hydroxyl groups is 1. The molecule has 0 spiro atoms. The molecule has 3 fully saturated rings. The highest BCUT2D eigenvalue weighted by molar-refractivity contribution is 5.83. The van der Waals surface area contributed by atoms with Gasteiger partial charge in [-0.25, -0.2) is 14.6 Å². The molecular formula is C32H37F3N6O6. The number of hydrogen-bond donors (Lipinski definition) is 1. The summed E-state index contributed by atoms with van der Waals surface area (Å²) in [4.78, 5) is 38.6. The van der Waals surface area contributed by atoms with E-state index in [0.29, 0.717) is 49.1 Å². The van der Waals surface area contributed by atoms with Crippen molar-refractivity contribution in [1.29, 1.82) is 0 Å². The molecule has 0 bridgehead atoms. The first-order valence-corrected chi connectivity index (χ1v) is 15.7. The average Bonchev–Trinajstić information content (AvgIpc) is 3.84. The molecule has 4 heterocycles. The van der Waals surface area contributed by atoms with Crippen LogP contribution in [0.15, 0.2) is 47.7 Å². The Morgan fingerprint density at radius 2 is 1.74 bits per heavy atom. The largest absolute Gasteiger partial charge is 0.497 e. The number of aromatic nitrogens is 4. The summed E-state index contributed by atoms with van der Waals surface area (Å²) in [5, 5.41) is 14.9. The Morgan fingerprint density at radius 3 is 2.38 bits per heavy atom. The Balaban J connectivity index is 1.03. The van der Waals surface area contributed by atoms with Crippen molar-refractivity contribution in [3.05, 3.63) is 69.9 Å². The highest BCUT2D eigenvalue weighted by Gasteiger charge is 2.43. The zero-order chi connectivity index (χ0) is 33.3. The quantitative estimate of drug-likeness (QED) is 0.328. The number of halogens is 3. The molecule has 3 aliphatic rings. The lowest BCUT2D eigenvalue weighted by atomic mass is 10.0. The van der Waals surface area contributed by atoms with Gasteiger partial charge in [0.05, 0.1) is 38.6 Å². The molecule has 1 aromatic carbocycles. The third kappa shape index (κ3) is 7.35. The van der Waals surface area contributed by atoms with E-state index in [-0.39, 0.29) is 25.6 Å². The van der Waals surface area contributed by atoms with Crippen LogP contribution in [0.25, 0.3) is 0 Å². The molecule has 2 aliphatic heterocycles. The van der Waals surface area contributed by atoms with Gasteiger partial charge in [0.2, 0.25) is 5.95 Å². The van der Waals surface area contributed by atoms with Gasteiger partial charge in [-0.15, -0.1) is 0 Å². The first-order valence-electron chi connectivity index (χ1n) is 15.7. The molecule has 2 aromatic heterocycles. The SMILES string of the molecule is COc1ccc(Cn2ncc(O[C@@H](C)CO[C@@H]3CCN([C@@H]4CCN(c5ncc(C6CC6)cn5)C[C@H]4O)C3=O)c(C(F)(F)F)c2=O)cc1. The minimum atomic E-state index is -5.00. The van der Waals surface area contributed by atoms with E-state index in [4.69, 9.17) is 14.2 Å². The van der Waals surface area contributed by atoms with Gasteiger partial charge in [-0.05, 0) is 55.4 Å². The summed E-state index contributed by atoms with van der Waals surface area (Å²) in [6, 6.07) is 6.12. The normalized spacial score (nSPS) is 22.4. The van der Waals surface area contributed by atoms with E-state index in [1.807, 2.05) is 17.3 Å². The number of benzene rings is 1. The number of aliphatic hydroxyl groups excluding tert-OH is 1. The number of rotatable bonds is 11. The van der Waals surface area contributed by atoms with E-state index in [0.717, 1.165) is 29.3 Å². The van der Waals surface area contributed by atoms with Crippen LogP contribution >= 0.6 is 0 Å². The monoisotopic (exact) mass is 658 g/mol. The molecule has 1 saturated carbocycles. The fourth-order valence-corrected chi connectivity index (χ4v) is 6.09. The minimum Gasteiger partial charge on any atom is -0.497 e. The second-order valence-electron chi connectivity index (χ2n) is 12.2. The second kappa shape index (κ2) is 13.5. The van der Waals surface area contributed by atoms with Gasteiger partial charge < -0.3 is 29.1 Å². The maximum atomic E-state index is 14.0. The Bertz CT molecular complexity index is 1620. The van der Waals surface area contributed by atoms with Gasteiger partial charge in [-0.3, -0.25) is 9.59 Å². The molecule has 12 nitrogen and oxygen atoms in total. The fourth-order valence-electron chi connectivity index (χ4n) is 6.09. The zero-order valence-electron chi connectivity index (χ0n) is 26.1. The van der Waals surface area contributed by atoms with Gasteiger partial charge in [-0.1, -0.05) is 12.1 Å². The van der Waals surface area contributed by atoms with Crippen LogP contribution in [0.1, 0.15) is 55.2 Å². The molecular weight excluding hydrogens is 621 g/mol. The number of alkyl halides is 3. The number of anilines is 1. The van der Waals surface area contributed by atoms with E-state index in [1.165, 1.54) is 14.0 Å². The number of carbonyl (C=O) groups is 1. The summed E-state index contributed by atoms with van der Waals surface area (Å²) >= 11 is 0. The van der Waals surface area contributed by atoms with Crippen LogP contribution in [-0.4, -0.2) is 93.4 Å². The number of amides is 1. The number of piperidine rings is 1. The predicted octanol–water partition coefficient (Wildman–Crippen LogP) is 3.01. The van der Waals surface area contributed by atoms with Crippen molar-refractivity contribution in [2.45, 2.75) is 75.6 Å². The number of hydrogen-bond acceptors (Lipinski definition) is 10. The molecule has 0 unspecified atom stereocenters. The lowest BCUT2D eigenvalue weighted by molar-refractivity contribution is -0.143.